The second kappa shape index (κ2) is 12.2. The van der Waals surface area contributed by atoms with Gasteiger partial charge in [0.2, 0.25) is 0 Å². The Labute approximate surface area is 250 Å². The van der Waals surface area contributed by atoms with Crippen LogP contribution in [0.4, 0.5) is 28.4 Å². The zero-order chi connectivity index (χ0) is 28.9. The van der Waals surface area contributed by atoms with Gasteiger partial charge >= 0.3 is 0 Å². The van der Waals surface area contributed by atoms with E-state index in [0.29, 0.717) is 0 Å². The molecule has 42 heavy (non-hydrogen) atoms. The van der Waals surface area contributed by atoms with E-state index in [-0.39, 0.29) is 0 Å². The SMILES string of the molecule is Cc1cccc(N(Cc2ccccc2)c2ccc(-c3ccc(N(c4ccccc4)c4cccc(C)c4)c(C)c3)cc2)c1. The topological polar surface area (TPSA) is 6.48 Å². The van der Waals surface area contributed by atoms with Crippen LogP contribution in [0.15, 0.2) is 152 Å². The molecule has 0 amide bonds. The van der Waals surface area contributed by atoms with Crippen molar-refractivity contribution in [2.24, 2.45) is 0 Å². The van der Waals surface area contributed by atoms with E-state index in [1.54, 1.807) is 0 Å². The molecule has 0 radical (unpaired) electrons. The third-order valence-electron chi connectivity index (χ3n) is 7.72. The maximum Gasteiger partial charge on any atom is 0.0491 e. The zero-order valence-corrected chi connectivity index (χ0v) is 24.5. The predicted molar refractivity (Wildman–Crippen MR) is 179 cm³/mol. The van der Waals surface area contributed by atoms with Crippen LogP contribution in [0.1, 0.15) is 22.3 Å². The average Bonchev–Trinajstić information content (AvgIpc) is 3.02. The fraction of sp³-hybridized carbons (Fsp3) is 0.100. The first kappa shape index (κ1) is 27.1. The molecule has 0 N–H and O–H groups in total. The summed E-state index contributed by atoms with van der Waals surface area (Å²) in [5.74, 6) is 0. The summed E-state index contributed by atoms with van der Waals surface area (Å²) < 4.78 is 0. The van der Waals surface area contributed by atoms with Crippen LogP contribution in [0.25, 0.3) is 11.1 Å². The van der Waals surface area contributed by atoms with E-state index in [2.05, 4.69) is 182 Å². The van der Waals surface area contributed by atoms with Crippen LogP contribution < -0.4 is 9.80 Å². The van der Waals surface area contributed by atoms with Gasteiger partial charge < -0.3 is 9.80 Å². The second-order valence-corrected chi connectivity index (χ2v) is 11.0. The van der Waals surface area contributed by atoms with E-state index in [0.717, 1.165) is 17.9 Å². The third-order valence-corrected chi connectivity index (χ3v) is 7.72. The summed E-state index contributed by atoms with van der Waals surface area (Å²) >= 11 is 0. The van der Waals surface area contributed by atoms with E-state index in [1.807, 2.05) is 0 Å². The molecule has 0 spiro atoms. The van der Waals surface area contributed by atoms with Gasteiger partial charge in [-0.25, -0.2) is 0 Å². The number of hydrogen-bond donors (Lipinski definition) is 0. The van der Waals surface area contributed by atoms with Gasteiger partial charge in [0.15, 0.2) is 0 Å². The first-order valence-corrected chi connectivity index (χ1v) is 14.6. The minimum atomic E-state index is 0.811. The molecular formula is C40H36N2. The van der Waals surface area contributed by atoms with Crippen molar-refractivity contribution in [3.63, 3.8) is 0 Å². The molecule has 0 atom stereocenters. The lowest BCUT2D eigenvalue weighted by Crippen LogP contribution is -2.16. The number of para-hydroxylation sites is 1. The van der Waals surface area contributed by atoms with Gasteiger partial charge in [-0.05, 0) is 115 Å². The van der Waals surface area contributed by atoms with Crippen molar-refractivity contribution in [2.75, 3.05) is 9.80 Å². The fourth-order valence-corrected chi connectivity index (χ4v) is 5.58. The molecule has 0 fully saturated rings. The highest BCUT2D eigenvalue weighted by Crippen LogP contribution is 2.38. The molecule has 0 heterocycles. The van der Waals surface area contributed by atoms with Crippen molar-refractivity contribution >= 4 is 28.4 Å². The van der Waals surface area contributed by atoms with Gasteiger partial charge in [-0.2, -0.15) is 0 Å². The Morgan fingerprint density at radius 1 is 0.429 bits per heavy atom. The Morgan fingerprint density at radius 2 is 1.00 bits per heavy atom. The lowest BCUT2D eigenvalue weighted by atomic mass is 10.0. The minimum Gasteiger partial charge on any atom is -0.337 e. The molecule has 0 bridgehead atoms. The van der Waals surface area contributed by atoms with Gasteiger partial charge in [0, 0.05) is 35.0 Å². The summed E-state index contributed by atoms with van der Waals surface area (Å²) in [7, 11) is 0. The molecule has 6 aromatic carbocycles. The molecule has 0 aromatic heterocycles. The lowest BCUT2D eigenvalue weighted by Gasteiger charge is -2.28. The summed E-state index contributed by atoms with van der Waals surface area (Å²) in [6, 6.07) is 54.5. The molecule has 206 valence electrons. The Hall–Kier alpha value is -5.08. The normalized spacial score (nSPS) is 10.8. The smallest absolute Gasteiger partial charge is 0.0491 e. The molecule has 6 aromatic rings. The molecule has 0 saturated carbocycles. The average molecular weight is 545 g/mol. The predicted octanol–water partition coefficient (Wildman–Crippen LogP) is 11.1. The van der Waals surface area contributed by atoms with Gasteiger partial charge in [-0.15, -0.1) is 0 Å². The van der Waals surface area contributed by atoms with Crippen molar-refractivity contribution in [2.45, 2.75) is 27.3 Å². The molecule has 2 nitrogen and oxygen atoms in total. The number of hydrogen-bond acceptors (Lipinski definition) is 2. The standard InChI is InChI=1S/C40H36N2/c1-30-12-10-18-38(26-30)41(29-33-14-6-4-7-15-33)36-23-20-34(21-24-36)35-22-25-40(32(3)28-35)42(37-16-8-5-9-17-37)39-19-11-13-31(2)27-39/h4-28H,29H2,1-3H3. The monoisotopic (exact) mass is 544 g/mol. The van der Waals surface area contributed by atoms with Crippen LogP contribution in [0.2, 0.25) is 0 Å². The maximum absolute atomic E-state index is 2.39. The summed E-state index contributed by atoms with van der Waals surface area (Å²) in [5, 5.41) is 0. The summed E-state index contributed by atoms with van der Waals surface area (Å²) in [6.07, 6.45) is 0. The first-order valence-electron chi connectivity index (χ1n) is 14.6. The van der Waals surface area contributed by atoms with E-state index in [9.17, 15) is 0 Å². The third kappa shape index (κ3) is 5.99. The van der Waals surface area contributed by atoms with Crippen molar-refractivity contribution < 1.29 is 0 Å². The summed E-state index contributed by atoms with van der Waals surface area (Å²) in [6.45, 7) is 7.31. The van der Waals surface area contributed by atoms with Gasteiger partial charge in [0.25, 0.3) is 0 Å². The second-order valence-electron chi connectivity index (χ2n) is 11.0. The molecule has 6 rings (SSSR count). The van der Waals surface area contributed by atoms with Crippen LogP contribution in [0.5, 0.6) is 0 Å². The molecule has 0 aliphatic rings. The number of aryl methyl sites for hydroxylation is 3. The van der Waals surface area contributed by atoms with E-state index < -0.39 is 0 Å². The maximum atomic E-state index is 2.39. The van der Waals surface area contributed by atoms with Crippen LogP contribution in [0, 0.1) is 20.8 Å². The quantitative estimate of drug-likeness (QED) is 0.188. The number of benzene rings is 6. The van der Waals surface area contributed by atoms with Gasteiger partial charge in [0.1, 0.15) is 0 Å². The number of nitrogens with zero attached hydrogens (tertiary/aromatic N) is 2. The van der Waals surface area contributed by atoms with Crippen LogP contribution in [-0.2, 0) is 6.54 Å². The van der Waals surface area contributed by atoms with Crippen LogP contribution in [-0.4, -0.2) is 0 Å². The Kier molecular flexibility index (Phi) is 7.87. The van der Waals surface area contributed by atoms with Crippen LogP contribution in [0.3, 0.4) is 0 Å². The van der Waals surface area contributed by atoms with Gasteiger partial charge in [-0.3, -0.25) is 0 Å². The van der Waals surface area contributed by atoms with E-state index >= 15 is 0 Å². The van der Waals surface area contributed by atoms with Crippen LogP contribution >= 0.6 is 0 Å². The number of rotatable bonds is 8. The highest BCUT2D eigenvalue weighted by atomic mass is 15.1. The Balaban J connectivity index is 1.33. The highest BCUT2D eigenvalue weighted by Gasteiger charge is 2.16. The first-order chi connectivity index (χ1) is 20.5. The van der Waals surface area contributed by atoms with Crippen molar-refractivity contribution in [3.8, 4) is 11.1 Å². The lowest BCUT2D eigenvalue weighted by molar-refractivity contribution is 0.974. The van der Waals surface area contributed by atoms with Crippen molar-refractivity contribution in [1.29, 1.82) is 0 Å². The summed E-state index contributed by atoms with van der Waals surface area (Å²) in [5.41, 5.74) is 13.3. The van der Waals surface area contributed by atoms with Gasteiger partial charge in [0.05, 0.1) is 0 Å². The molecule has 0 aliphatic carbocycles. The minimum absolute atomic E-state index is 0.811. The van der Waals surface area contributed by atoms with E-state index in [1.165, 1.54) is 50.4 Å². The Morgan fingerprint density at radius 3 is 1.64 bits per heavy atom. The Bertz CT molecular complexity index is 1770. The van der Waals surface area contributed by atoms with E-state index in [4.69, 9.17) is 0 Å². The number of anilines is 5. The molecule has 0 aliphatic heterocycles. The fourth-order valence-electron chi connectivity index (χ4n) is 5.58. The molecule has 0 unspecified atom stereocenters. The molecule has 0 saturated heterocycles. The van der Waals surface area contributed by atoms with Gasteiger partial charge in [-0.1, -0.05) is 91.0 Å². The highest BCUT2D eigenvalue weighted by molar-refractivity contribution is 5.81. The van der Waals surface area contributed by atoms with Crippen molar-refractivity contribution in [1.82, 2.24) is 0 Å². The molecular weight excluding hydrogens is 508 g/mol. The largest absolute Gasteiger partial charge is 0.337 e. The summed E-state index contributed by atoms with van der Waals surface area (Å²) in [4.78, 5) is 4.73. The zero-order valence-electron chi connectivity index (χ0n) is 24.5. The van der Waals surface area contributed by atoms with Crippen molar-refractivity contribution in [3.05, 3.63) is 174 Å². The molecule has 2 heteroatoms.